The van der Waals surface area contributed by atoms with Crippen LogP contribution in [0.15, 0.2) is 53.4 Å². The molecule has 0 aromatic heterocycles. The van der Waals surface area contributed by atoms with E-state index < -0.39 is 10.0 Å². The van der Waals surface area contributed by atoms with Gasteiger partial charge in [0, 0.05) is 13.0 Å². The number of rotatable bonds is 7. The third kappa shape index (κ3) is 4.83. The molecular weight excluding hydrogens is 352 g/mol. The summed E-state index contributed by atoms with van der Waals surface area (Å²) < 4.78 is 33.7. The summed E-state index contributed by atoms with van der Waals surface area (Å²) in [5, 5.41) is 2.59. The predicted octanol–water partition coefficient (Wildman–Crippen LogP) is 3.33. The fourth-order valence-corrected chi connectivity index (χ4v) is 4.03. The van der Waals surface area contributed by atoms with Crippen molar-refractivity contribution in [2.24, 2.45) is 5.92 Å². The standard InChI is InChI=1S/C19H24N2O4S/c1-13(2)19(15-8-6-5-7-9-15)21-26(23,24)16-10-11-18(25-4)17(12-16)20-14(3)22/h5-13,19,21H,1-4H3,(H,20,22). The average molecular weight is 376 g/mol. The van der Waals surface area contributed by atoms with Gasteiger partial charge in [0.2, 0.25) is 15.9 Å². The quantitative estimate of drug-likeness (QED) is 0.776. The molecule has 0 saturated heterocycles. The van der Waals surface area contributed by atoms with Crippen molar-refractivity contribution in [2.75, 3.05) is 12.4 Å². The molecule has 0 bridgehead atoms. The lowest BCUT2D eigenvalue weighted by Crippen LogP contribution is -2.31. The molecule has 7 heteroatoms. The first-order valence-electron chi connectivity index (χ1n) is 8.27. The maximum Gasteiger partial charge on any atom is 0.241 e. The van der Waals surface area contributed by atoms with Crippen molar-refractivity contribution in [2.45, 2.75) is 31.7 Å². The summed E-state index contributed by atoms with van der Waals surface area (Å²) >= 11 is 0. The van der Waals surface area contributed by atoms with Gasteiger partial charge in [0.1, 0.15) is 5.75 Å². The Hall–Kier alpha value is -2.38. The van der Waals surface area contributed by atoms with E-state index in [0.29, 0.717) is 11.4 Å². The summed E-state index contributed by atoms with van der Waals surface area (Å²) in [5.74, 6) is 0.137. The van der Waals surface area contributed by atoms with Crippen molar-refractivity contribution in [3.63, 3.8) is 0 Å². The number of methoxy groups -OCH3 is 1. The molecule has 2 N–H and O–H groups in total. The van der Waals surface area contributed by atoms with E-state index in [9.17, 15) is 13.2 Å². The molecule has 0 spiro atoms. The highest BCUT2D eigenvalue weighted by Crippen LogP contribution is 2.29. The van der Waals surface area contributed by atoms with Crippen molar-refractivity contribution in [1.29, 1.82) is 0 Å². The molecule has 26 heavy (non-hydrogen) atoms. The number of hydrogen-bond acceptors (Lipinski definition) is 4. The molecule has 1 amide bonds. The lowest BCUT2D eigenvalue weighted by molar-refractivity contribution is -0.114. The number of benzene rings is 2. The summed E-state index contributed by atoms with van der Waals surface area (Å²) in [7, 11) is -2.34. The highest BCUT2D eigenvalue weighted by Gasteiger charge is 2.24. The SMILES string of the molecule is COc1ccc(S(=O)(=O)NC(c2ccccc2)C(C)C)cc1NC(C)=O. The van der Waals surface area contributed by atoms with Gasteiger partial charge in [-0.2, -0.15) is 0 Å². The molecular formula is C19H24N2O4S. The third-order valence-corrected chi connectivity index (χ3v) is 5.34. The minimum atomic E-state index is -3.79. The molecule has 1 unspecified atom stereocenters. The summed E-state index contributed by atoms with van der Waals surface area (Å²) in [5.41, 5.74) is 1.20. The first kappa shape index (κ1) is 19.9. The van der Waals surface area contributed by atoms with Crippen LogP contribution in [0.4, 0.5) is 5.69 Å². The molecule has 1 atom stereocenters. The summed E-state index contributed by atoms with van der Waals surface area (Å²) in [6, 6.07) is 13.4. The Kier molecular flexibility index (Phi) is 6.39. The van der Waals surface area contributed by atoms with E-state index in [2.05, 4.69) is 10.0 Å². The van der Waals surface area contributed by atoms with Crippen LogP contribution in [-0.2, 0) is 14.8 Å². The Morgan fingerprint density at radius 2 is 1.73 bits per heavy atom. The minimum Gasteiger partial charge on any atom is -0.495 e. The summed E-state index contributed by atoms with van der Waals surface area (Å²) in [6.45, 7) is 5.26. The van der Waals surface area contributed by atoms with Crippen LogP contribution in [0, 0.1) is 5.92 Å². The van der Waals surface area contributed by atoms with Gasteiger partial charge in [-0.05, 0) is 29.7 Å². The van der Waals surface area contributed by atoms with Crippen LogP contribution in [0.25, 0.3) is 0 Å². The Balaban J connectivity index is 2.38. The number of anilines is 1. The van der Waals surface area contributed by atoms with E-state index in [1.165, 1.54) is 32.2 Å². The Labute approximate surface area is 154 Å². The third-order valence-electron chi connectivity index (χ3n) is 3.90. The normalized spacial score (nSPS) is 12.7. The number of nitrogens with one attached hydrogen (secondary N) is 2. The van der Waals surface area contributed by atoms with Crippen molar-refractivity contribution < 1.29 is 17.9 Å². The van der Waals surface area contributed by atoms with Crippen molar-refractivity contribution in [1.82, 2.24) is 4.72 Å². The smallest absolute Gasteiger partial charge is 0.241 e. The van der Waals surface area contributed by atoms with Crippen molar-refractivity contribution >= 4 is 21.6 Å². The highest BCUT2D eigenvalue weighted by molar-refractivity contribution is 7.89. The van der Waals surface area contributed by atoms with Crippen molar-refractivity contribution in [3.8, 4) is 5.75 Å². The molecule has 140 valence electrons. The zero-order valence-corrected chi connectivity index (χ0v) is 16.1. The fraction of sp³-hybridized carbons (Fsp3) is 0.316. The van der Waals surface area contributed by atoms with Gasteiger partial charge in [-0.25, -0.2) is 13.1 Å². The Bertz CT molecular complexity index is 864. The van der Waals surface area contributed by atoms with Gasteiger partial charge < -0.3 is 10.1 Å². The predicted molar refractivity (Wildman–Crippen MR) is 102 cm³/mol. The number of hydrogen-bond donors (Lipinski definition) is 2. The Morgan fingerprint density at radius 3 is 2.27 bits per heavy atom. The van der Waals surface area contributed by atoms with Gasteiger partial charge in [-0.3, -0.25) is 4.79 Å². The van der Waals surface area contributed by atoms with E-state index in [1.807, 2.05) is 44.2 Å². The lowest BCUT2D eigenvalue weighted by Gasteiger charge is -2.23. The average Bonchev–Trinajstić information content (AvgIpc) is 2.59. The minimum absolute atomic E-state index is 0.0558. The van der Waals surface area contributed by atoms with Crippen LogP contribution in [0.3, 0.4) is 0 Å². The maximum absolute atomic E-state index is 12.9. The lowest BCUT2D eigenvalue weighted by atomic mass is 9.97. The van der Waals surface area contributed by atoms with Crippen LogP contribution < -0.4 is 14.8 Å². The molecule has 2 rings (SSSR count). The van der Waals surface area contributed by atoms with Gasteiger partial charge in [-0.1, -0.05) is 44.2 Å². The molecule has 0 saturated carbocycles. The second-order valence-corrected chi connectivity index (χ2v) is 8.01. The van der Waals surface area contributed by atoms with E-state index in [-0.39, 0.29) is 22.8 Å². The fourth-order valence-electron chi connectivity index (χ4n) is 2.63. The second kappa shape index (κ2) is 8.33. The first-order valence-corrected chi connectivity index (χ1v) is 9.76. The van der Waals surface area contributed by atoms with Crippen LogP contribution in [-0.4, -0.2) is 21.4 Å². The Morgan fingerprint density at radius 1 is 1.08 bits per heavy atom. The van der Waals surface area contributed by atoms with Crippen LogP contribution in [0.2, 0.25) is 0 Å². The zero-order chi connectivity index (χ0) is 19.3. The monoisotopic (exact) mass is 376 g/mol. The van der Waals surface area contributed by atoms with Gasteiger partial charge in [0.25, 0.3) is 0 Å². The first-order chi connectivity index (χ1) is 12.2. The molecule has 0 aliphatic rings. The molecule has 2 aromatic carbocycles. The molecule has 0 aliphatic carbocycles. The molecule has 0 fully saturated rings. The molecule has 6 nitrogen and oxygen atoms in total. The number of amides is 1. The molecule has 2 aromatic rings. The topological polar surface area (TPSA) is 84.5 Å². The van der Waals surface area contributed by atoms with Gasteiger partial charge in [-0.15, -0.1) is 0 Å². The summed E-state index contributed by atoms with van der Waals surface area (Å²) in [6.07, 6.45) is 0. The van der Waals surface area contributed by atoms with Crippen molar-refractivity contribution in [3.05, 3.63) is 54.1 Å². The van der Waals surface area contributed by atoms with E-state index in [0.717, 1.165) is 5.56 Å². The molecule has 0 heterocycles. The van der Waals surface area contributed by atoms with E-state index >= 15 is 0 Å². The van der Waals surface area contributed by atoms with Crippen LogP contribution in [0.1, 0.15) is 32.4 Å². The van der Waals surface area contributed by atoms with Crippen LogP contribution in [0.5, 0.6) is 5.75 Å². The van der Waals surface area contributed by atoms with E-state index in [1.54, 1.807) is 0 Å². The van der Waals surface area contributed by atoms with Gasteiger partial charge >= 0.3 is 0 Å². The van der Waals surface area contributed by atoms with Crippen LogP contribution >= 0.6 is 0 Å². The number of carbonyl (C=O) groups is 1. The van der Waals surface area contributed by atoms with Gasteiger partial charge in [0.05, 0.1) is 17.7 Å². The molecule has 0 radical (unpaired) electrons. The largest absolute Gasteiger partial charge is 0.495 e. The number of ether oxygens (including phenoxy) is 1. The molecule has 0 aliphatic heterocycles. The maximum atomic E-state index is 12.9. The number of sulfonamides is 1. The second-order valence-electron chi connectivity index (χ2n) is 6.30. The zero-order valence-electron chi connectivity index (χ0n) is 15.3. The number of carbonyl (C=O) groups excluding carboxylic acids is 1. The van der Waals surface area contributed by atoms with Gasteiger partial charge in [0.15, 0.2) is 0 Å². The summed E-state index contributed by atoms with van der Waals surface area (Å²) in [4.78, 5) is 11.4. The van der Waals surface area contributed by atoms with E-state index in [4.69, 9.17) is 4.74 Å². The highest BCUT2D eigenvalue weighted by atomic mass is 32.2.